The molecule has 1 unspecified atom stereocenters. The Labute approximate surface area is 219 Å². The molecule has 0 radical (unpaired) electrons. The number of aromatic nitrogens is 2. The zero-order valence-electron chi connectivity index (χ0n) is 22.2. The number of allylic oxidation sites excluding steroid dienone is 2. The number of aliphatic imine (C=N–C) groups is 1. The topological polar surface area (TPSA) is 118 Å². The highest BCUT2D eigenvalue weighted by Crippen LogP contribution is 2.37. The summed E-state index contributed by atoms with van der Waals surface area (Å²) in [6, 6.07) is 0.616. The Morgan fingerprint density at radius 1 is 1.24 bits per heavy atom. The molecule has 10 heteroatoms. The van der Waals surface area contributed by atoms with E-state index in [2.05, 4.69) is 21.3 Å². The number of amidine groups is 1. The monoisotopic (exact) mass is 509 g/mol. The first kappa shape index (κ1) is 25.5. The summed E-state index contributed by atoms with van der Waals surface area (Å²) in [7, 11) is 3.48. The molecule has 2 aliphatic carbocycles. The Hall–Kier alpha value is -3.14. The molecule has 0 aromatic carbocycles. The minimum atomic E-state index is -0.106. The number of carbonyl (C=O) groups excluding carboxylic acids is 1. The van der Waals surface area contributed by atoms with Crippen molar-refractivity contribution in [1.29, 1.82) is 0 Å². The van der Waals surface area contributed by atoms with Gasteiger partial charge in [0.1, 0.15) is 17.3 Å². The van der Waals surface area contributed by atoms with Crippen LogP contribution in [0, 0.1) is 11.8 Å². The number of rotatable bonds is 6. The largest absolute Gasteiger partial charge is 0.499 e. The molecule has 1 saturated heterocycles. The van der Waals surface area contributed by atoms with Crippen molar-refractivity contribution in [3.63, 3.8) is 0 Å². The van der Waals surface area contributed by atoms with Crippen LogP contribution in [0.25, 0.3) is 0 Å². The van der Waals surface area contributed by atoms with E-state index in [0.29, 0.717) is 30.8 Å². The highest BCUT2D eigenvalue weighted by Gasteiger charge is 2.35. The Morgan fingerprint density at radius 2 is 2.00 bits per heavy atom. The fourth-order valence-corrected chi connectivity index (χ4v) is 5.75. The molecule has 2 aliphatic heterocycles. The van der Waals surface area contributed by atoms with Crippen molar-refractivity contribution in [2.24, 2.45) is 22.6 Å². The number of carbonyl (C=O) groups is 1. The average Bonchev–Trinajstić information content (AvgIpc) is 3.43. The molecule has 1 saturated carbocycles. The number of nitrogens with one attached hydrogen (secondary N) is 1. The molecule has 0 bridgehead atoms. The van der Waals surface area contributed by atoms with Gasteiger partial charge in [0.25, 0.3) is 0 Å². The predicted molar refractivity (Wildman–Crippen MR) is 145 cm³/mol. The third kappa shape index (κ3) is 5.44. The second-order valence-corrected chi connectivity index (χ2v) is 10.5. The number of hydrogen-bond acceptors (Lipinski definition) is 8. The van der Waals surface area contributed by atoms with Crippen LogP contribution in [-0.2, 0) is 14.3 Å². The molecule has 0 spiro atoms. The normalized spacial score (nSPS) is 25.9. The summed E-state index contributed by atoms with van der Waals surface area (Å²) in [6.07, 6.45) is 12.9. The lowest BCUT2D eigenvalue weighted by atomic mass is 9.96. The van der Waals surface area contributed by atoms with Crippen LogP contribution in [0.15, 0.2) is 34.8 Å². The molecule has 200 valence electrons. The van der Waals surface area contributed by atoms with E-state index in [1.54, 1.807) is 18.2 Å². The van der Waals surface area contributed by atoms with Crippen LogP contribution in [0.3, 0.4) is 0 Å². The Kier molecular flexibility index (Phi) is 7.64. The van der Waals surface area contributed by atoms with Gasteiger partial charge >= 0.3 is 0 Å². The fraction of sp³-hybridized carbons (Fsp3) is 0.630. The molecule has 10 nitrogen and oxygen atoms in total. The van der Waals surface area contributed by atoms with Crippen molar-refractivity contribution >= 4 is 29.2 Å². The van der Waals surface area contributed by atoms with E-state index in [1.807, 2.05) is 20.0 Å². The average molecular weight is 510 g/mol. The number of nitrogens with two attached hydrogens (primary N) is 1. The van der Waals surface area contributed by atoms with Crippen LogP contribution < -0.4 is 20.9 Å². The summed E-state index contributed by atoms with van der Waals surface area (Å²) in [5, 5.41) is 3.36. The molecule has 3 heterocycles. The van der Waals surface area contributed by atoms with Crippen LogP contribution in [0.2, 0.25) is 0 Å². The van der Waals surface area contributed by atoms with E-state index in [0.717, 1.165) is 61.9 Å². The van der Waals surface area contributed by atoms with Gasteiger partial charge in [-0.15, -0.1) is 0 Å². The molecule has 3 N–H and O–H groups in total. The lowest BCUT2D eigenvalue weighted by Gasteiger charge is -2.31. The summed E-state index contributed by atoms with van der Waals surface area (Å²) in [5.74, 6) is 2.68. The van der Waals surface area contributed by atoms with Gasteiger partial charge in [0.2, 0.25) is 11.9 Å². The number of amides is 1. The molecular weight excluding hydrogens is 470 g/mol. The molecule has 2 fully saturated rings. The maximum Gasteiger partial charge on any atom is 0.231 e. The minimum Gasteiger partial charge on any atom is -0.499 e. The number of ether oxygens (including phenoxy) is 2. The first-order chi connectivity index (χ1) is 17.9. The van der Waals surface area contributed by atoms with Crippen molar-refractivity contribution < 1.29 is 14.3 Å². The zero-order valence-corrected chi connectivity index (χ0v) is 22.2. The second-order valence-electron chi connectivity index (χ2n) is 10.5. The maximum atomic E-state index is 12.9. The van der Waals surface area contributed by atoms with Gasteiger partial charge in [-0.25, -0.2) is 4.98 Å². The Morgan fingerprint density at radius 3 is 2.73 bits per heavy atom. The van der Waals surface area contributed by atoms with Gasteiger partial charge in [-0.05, 0) is 31.8 Å². The maximum absolute atomic E-state index is 12.9. The number of anilines is 3. The highest BCUT2D eigenvalue weighted by molar-refractivity contribution is 5.98. The van der Waals surface area contributed by atoms with Gasteiger partial charge in [-0.1, -0.05) is 25.8 Å². The van der Waals surface area contributed by atoms with Crippen molar-refractivity contribution in [1.82, 2.24) is 9.97 Å². The van der Waals surface area contributed by atoms with Crippen LogP contribution in [0.4, 0.5) is 17.5 Å². The van der Waals surface area contributed by atoms with E-state index in [-0.39, 0.29) is 23.8 Å². The first-order valence-electron chi connectivity index (χ1n) is 13.5. The molecule has 1 amide bonds. The summed E-state index contributed by atoms with van der Waals surface area (Å²) in [5.41, 5.74) is 7.95. The second kappa shape index (κ2) is 11.1. The van der Waals surface area contributed by atoms with Gasteiger partial charge in [-0.2, -0.15) is 4.98 Å². The zero-order chi connectivity index (χ0) is 25.9. The van der Waals surface area contributed by atoms with Crippen molar-refractivity contribution in [2.75, 3.05) is 49.0 Å². The SMILES string of the molecule is COC1=C(Nc2ncc3c(n2)N(C2CCCC2)C[C@H](C)C(=O)N3C)C=CC(C(N)=NC2CCOCC2)C1. The molecule has 37 heavy (non-hydrogen) atoms. The van der Waals surface area contributed by atoms with Crippen LogP contribution >= 0.6 is 0 Å². The molecular formula is C27H39N7O3. The number of nitrogens with zero attached hydrogens (tertiary/aromatic N) is 5. The van der Waals surface area contributed by atoms with Crippen molar-refractivity contribution in [3.8, 4) is 0 Å². The van der Waals surface area contributed by atoms with Gasteiger partial charge in [0, 0.05) is 45.2 Å². The lowest BCUT2D eigenvalue weighted by Crippen LogP contribution is -2.38. The minimum absolute atomic E-state index is 0.0182. The molecule has 5 rings (SSSR count). The van der Waals surface area contributed by atoms with Crippen molar-refractivity contribution in [2.45, 2.75) is 64.0 Å². The quantitative estimate of drug-likeness (QED) is 0.443. The fourth-order valence-electron chi connectivity index (χ4n) is 5.75. The number of hydrogen-bond donors (Lipinski definition) is 2. The molecule has 4 aliphatic rings. The van der Waals surface area contributed by atoms with E-state index in [9.17, 15) is 4.79 Å². The summed E-state index contributed by atoms with van der Waals surface area (Å²) in [4.78, 5) is 31.2. The van der Waals surface area contributed by atoms with Gasteiger partial charge < -0.3 is 30.3 Å². The van der Waals surface area contributed by atoms with Crippen LogP contribution in [0.1, 0.15) is 51.9 Å². The van der Waals surface area contributed by atoms with E-state index in [1.165, 1.54) is 12.8 Å². The predicted octanol–water partition coefficient (Wildman–Crippen LogP) is 3.22. The summed E-state index contributed by atoms with van der Waals surface area (Å²) < 4.78 is 11.2. The molecule has 1 aromatic rings. The molecule has 1 aromatic heterocycles. The van der Waals surface area contributed by atoms with Gasteiger partial charge in [-0.3, -0.25) is 9.79 Å². The van der Waals surface area contributed by atoms with Crippen molar-refractivity contribution in [3.05, 3.63) is 29.8 Å². The number of fused-ring (bicyclic) bond motifs is 1. The standard InChI is InChI=1S/C27H39N7O3/c1-17-16-34(20-6-4-5-7-20)25-22(33(2)26(17)35)15-29-27(32-25)31-21-9-8-18(14-23(21)36-3)24(28)30-19-10-12-37-13-11-19/h8-9,15,17-20H,4-7,10-14,16H2,1-3H3,(H2,28,30)(H,29,31,32)/t17-,18?/m0/s1. The third-order valence-corrected chi connectivity index (χ3v) is 7.97. The van der Waals surface area contributed by atoms with E-state index in [4.69, 9.17) is 25.2 Å². The van der Waals surface area contributed by atoms with E-state index >= 15 is 0 Å². The highest BCUT2D eigenvalue weighted by atomic mass is 16.5. The Balaban J connectivity index is 1.37. The van der Waals surface area contributed by atoms with Gasteiger partial charge in [0.05, 0.1) is 31.0 Å². The first-order valence-corrected chi connectivity index (χ1v) is 13.5. The lowest BCUT2D eigenvalue weighted by molar-refractivity contribution is -0.121. The summed E-state index contributed by atoms with van der Waals surface area (Å²) in [6.45, 7) is 4.13. The molecule has 2 atom stereocenters. The van der Waals surface area contributed by atoms with E-state index < -0.39 is 0 Å². The Bertz CT molecular complexity index is 1090. The smallest absolute Gasteiger partial charge is 0.231 e. The number of methoxy groups -OCH3 is 1. The van der Waals surface area contributed by atoms with Gasteiger partial charge in [0.15, 0.2) is 5.82 Å². The summed E-state index contributed by atoms with van der Waals surface area (Å²) >= 11 is 0. The third-order valence-electron chi connectivity index (χ3n) is 7.97. The van der Waals surface area contributed by atoms with Crippen LogP contribution in [-0.4, -0.2) is 67.7 Å². The van der Waals surface area contributed by atoms with Crippen LogP contribution in [0.5, 0.6) is 0 Å².